The first-order valence-corrected chi connectivity index (χ1v) is 10.6. The highest BCUT2D eigenvalue weighted by atomic mass is 16.6. The molecule has 0 aliphatic rings. The molecule has 0 aliphatic heterocycles. The zero-order valence-corrected chi connectivity index (χ0v) is 20.3. The highest BCUT2D eigenvalue weighted by Crippen LogP contribution is 2.11. The molecule has 0 spiro atoms. The van der Waals surface area contributed by atoms with Gasteiger partial charge in [0.05, 0.1) is 13.5 Å². The van der Waals surface area contributed by atoms with E-state index in [4.69, 9.17) is 9.47 Å². The average molecular weight is 480 g/mol. The molecule has 3 amide bonds. The summed E-state index contributed by atoms with van der Waals surface area (Å²) in [7, 11) is 1.16. The van der Waals surface area contributed by atoms with Gasteiger partial charge in [-0.3, -0.25) is 14.4 Å². The standard InChI is InChI=1S/C23H33N3O8/c1-22(2,3)34-21(32)26-23(4,5)20(31)25-15(13-17(27)28)18(29)24-16(19(30)33-6)12-14-10-8-7-9-11-14/h7-11,15-16H,12-13H2,1-6H3,(H,24,29)(H,25,31)(H,26,32)(H,27,28)/t15-,16-/m0/s1. The van der Waals surface area contributed by atoms with Crippen molar-refractivity contribution >= 4 is 29.8 Å². The van der Waals surface area contributed by atoms with E-state index in [-0.39, 0.29) is 6.42 Å². The van der Waals surface area contributed by atoms with Gasteiger partial charge >= 0.3 is 18.0 Å². The molecular weight excluding hydrogens is 446 g/mol. The van der Waals surface area contributed by atoms with Crippen LogP contribution in [0.25, 0.3) is 0 Å². The molecule has 1 rings (SSSR count). The Balaban J connectivity index is 2.98. The van der Waals surface area contributed by atoms with Crippen LogP contribution in [0.5, 0.6) is 0 Å². The van der Waals surface area contributed by atoms with E-state index >= 15 is 0 Å². The molecule has 34 heavy (non-hydrogen) atoms. The van der Waals surface area contributed by atoms with E-state index in [9.17, 15) is 29.1 Å². The number of nitrogens with one attached hydrogen (secondary N) is 3. The number of amides is 3. The van der Waals surface area contributed by atoms with Gasteiger partial charge in [0, 0.05) is 6.42 Å². The van der Waals surface area contributed by atoms with Crippen LogP contribution in [0.4, 0.5) is 4.79 Å². The van der Waals surface area contributed by atoms with E-state index < -0.39 is 59.5 Å². The van der Waals surface area contributed by atoms with Crippen molar-refractivity contribution in [2.45, 2.75) is 70.7 Å². The Morgan fingerprint density at radius 1 is 0.941 bits per heavy atom. The predicted octanol–water partition coefficient (Wildman–Crippen LogP) is 1.15. The molecule has 1 aromatic rings. The molecule has 0 saturated carbocycles. The summed E-state index contributed by atoms with van der Waals surface area (Å²) >= 11 is 0. The van der Waals surface area contributed by atoms with Gasteiger partial charge < -0.3 is 30.5 Å². The molecule has 0 fully saturated rings. The second kappa shape index (κ2) is 12.0. The van der Waals surface area contributed by atoms with Crippen molar-refractivity contribution in [2.75, 3.05) is 7.11 Å². The number of carboxylic acids is 1. The first kappa shape index (κ1) is 28.4. The third kappa shape index (κ3) is 9.88. The molecule has 0 radical (unpaired) electrons. The van der Waals surface area contributed by atoms with E-state index in [1.165, 1.54) is 13.8 Å². The lowest BCUT2D eigenvalue weighted by Gasteiger charge is -2.29. The SMILES string of the molecule is COC(=O)[C@H](Cc1ccccc1)NC(=O)[C@H](CC(=O)O)NC(=O)C(C)(C)NC(=O)OC(C)(C)C. The Labute approximate surface area is 198 Å². The molecule has 11 heteroatoms. The van der Waals surface area contributed by atoms with E-state index in [2.05, 4.69) is 16.0 Å². The third-order valence-corrected chi connectivity index (χ3v) is 4.47. The van der Waals surface area contributed by atoms with Crippen LogP contribution in [-0.2, 0) is 35.1 Å². The zero-order chi connectivity index (χ0) is 26.1. The number of aliphatic carboxylic acids is 1. The maximum absolute atomic E-state index is 12.9. The second-order valence-electron chi connectivity index (χ2n) is 9.15. The lowest BCUT2D eigenvalue weighted by Crippen LogP contribution is -2.60. The van der Waals surface area contributed by atoms with Crippen LogP contribution < -0.4 is 16.0 Å². The fourth-order valence-electron chi connectivity index (χ4n) is 2.80. The molecule has 2 atom stereocenters. The number of alkyl carbamates (subject to hydrolysis) is 1. The molecule has 4 N–H and O–H groups in total. The minimum Gasteiger partial charge on any atom is -0.481 e. The molecule has 0 saturated heterocycles. The van der Waals surface area contributed by atoms with Crippen molar-refractivity contribution in [3.63, 3.8) is 0 Å². The summed E-state index contributed by atoms with van der Waals surface area (Å²) in [5.74, 6) is -3.80. The summed E-state index contributed by atoms with van der Waals surface area (Å²) in [5, 5.41) is 16.4. The van der Waals surface area contributed by atoms with Crippen LogP contribution >= 0.6 is 0 Å². The van der Waals surface area contributed by atoms with Crippen molar-refractivity contribution in [1.29, 1.82) is 0 Å². The number of carbonyl (C=O) groups is 5. The van der Waals surface area contributed by atoms with Crippen molar-refractivity contribution < 1.29 is 38.6 Å². The van der Waals surface area contributed by atoms with E-state index in [0.29, 0.717) is 0 Å². The minimum absolute atomic E-state index is 0.0959. The van der Waals surface area contributed by atoms with Crippen molar-refractivity contribution in [1.82, 2.24) is 16.0 Å². The van der Waals surface area contributed by atoms with Gasteiger partial charge in [-0.15, -0.1) is 0 Å². The number of rotatable bonds is 10. The minimum atomic E-state index is -1.54. The average Bonchev–Trinajstić information content (AvgIpc) is 2.70. The summed E-state index contributed by atoms with van der Waals surface area (Å²) in [5.41, 5.74) is -1.60. The molecule has 0 aliphatic carbocycles. The molecule has 188 valence electrons. The van der Waals surface area contributed by atoms with Gasteiger partial charge in [-0.05, 0) is 40.2 Å². The summed E-state index contributed by atoms with van der Waals surface area (Å²) in [6.45, 7) is 7.70. The van der Waals surface area contributed by atoms with E-state index in [1.54, 1.807) is 51.1 Å². The molecule has 0 unspecified atom stereocenters. The van der Waals surface area contributed by atoms with Gasteiger partial charge in [-0.25, -0.2) is 9.59 Å². The molecule has 1 aromatic carbocycles. The summed E-state index contributed by atoms with van der Waals surface area (Å²) in [6, 6.07) is 6.19. The zero-order valence-electron chi connectivity index (χ0n) is 20.3. The van der Waals surface area contributed by atoms with Gasteiger partial charge in [0.15, 0.2) is 0 Å². The number of carbonyl (C=O) groups excluding carboxylic acids is 4. The van der Waals surface area contributed by atoms with Gasteiger partial charge in [0.1, 0.15) is 23.2 Å². The summed E-state index contributed by atoms with van der Waals surface area (Å²) in [4.78, 5) is 61.3. The normalized spacial score (nSPS) is 13.1. The van der Waals surface area contributed by atoms with Crippen LogP contribution in [0.3, 0.4) is 0 Å². The maximum atomic E-state index is 12.9. The van der Waals surface area contributed by atoms with Crippen molar-refractivity contribution in [3.05, 3.63) is 35.9 Å². The van der Waals surface area contributed by atoms with E-state index in [1.807, 2.05) is 0 Å². The number of benzene rings is 1. The predicted molar refractivity (Wildman–Crippen MR) is 122 cm³/mol. The van der Waals surface area contributed by atoms with Gasteiger partial charge in [0.2, 0.25) is 11.8 Å². The highest BCUT2D eigenvalue weighted by molar-refractivity contribution is 5.96. The lowest BCUT2D eigenvalue weighted by atomic mass is 10.0. The topological polar surface area (TPSA) is 160 Å². The number of methoxy groups -OCH3 is 1. The Kier molecular flexibility index (Phi) is 10.0. The fraction of sp³-hybridized carbons (Fsp3) is 0.522. The van der Waals surface area contributed by atoms with Crippen LogP contribution in [0.1, 0.15) is 46.6 Å². The Hall–Kier alpha value is -3.63. The molecular formula is C23H33N3O8. The highest BCUT2D eigenvalue weighted by Gasteiger charge is 2.36. The Bertz CT molecular complexity index is 893. The van der Waals surface area contributed by atoms with Crippen molar-refractivity contribution in [3.8, 4) is 0 Å². The second-order valence-corrected chi connectivity index (χ2v) is 9.15. The molecule has 0 bridgehead atoms. The number of esters is 1. The molecule has 0 aromatic heterocycles. The van der Waals surface area contributed by atoms with Crippen molar-refractivity contribution in [2.24, 2.45) is 0 Å². The summed E-state index contributed by atoms with van der Waals surface area (Å²) in [6.07, 6.45) is -1.52. The maximum Gasteiger partial charge on any atom is 0.408 e. The fourth-order valence-corrected chi connectivity index (χ4v) is 2.80. The first-order chi connectivity index (χ1) is 15.6. The van der Waals surface area contributed by atoms with Crippen LogP contribution in [0, 0.1) is 0 Å². The van der Waals surface area contributed by atoms with Crippen LogP contribution in [0.2, 0.25) is 0 Å². The Morgan fingerprint density at radius 2 is 1.53 bits per heavy atom. The number of carboxylic acid groups (broad SMARTS) is 1. The number of ether oxygens (including phenoxy) is 2. The monoisotopic (exact) mass is 479 g/mol. The smallest absolute Gasteiger partial charge is 0.408 e. The quantitative estimate of drug-likeness (QED) is 0.364. The van der Waals surface area contributed by atoms with Gasteiger partial charge in [0.25, 0.3) is 0 Å². The summed E-state index contributed by atoms with van der Waals surface area (Å²) < 4.78 is 9.88. The number of hydrogen-bond donors (Lipinski definition) is 4. The van der Waals surface area contributed by atoms with Crippen LogP contribution in [0.15, 0.2) is 30.3 Å². The van der Waals surface area contributed by atoms with Gasteiger partial charge in [-0.2, -0.15) is 0 Å². The van der Waals surface area contributed by atoms with E-state index in [0.717, 1.165) is 12.7 Å². The largest absolute Gasteiger partial charge is 0.481 e. The van der Waals surface area contributed by atoms with Crippen LogP contribution in [-0.4, -0.2) is 65.3 Å². The lowest BCUT2D eigenvalue weighted by molar-refractivity contribution is -0.146. The Morgan fingerprint density at radius 3 is 2.03 bits per heavy atom. The number of hydrogen-bond acceptors (Lipinski definition) is 7. The first-order valence-electron chi connectivity index (χ1n) is 10.6. The third-order valence-electron chi connectivity index (χ3n) is 4.47. The van der Waals surface area contributed by atoms with Gasteiger partial charge in [-0.1, -0.05) is 30.3 Å². The molecule has 11 nitrogen and oxygen atoms in total. The molecule has 0 heterocycles.